The molecule has 0 aliphatic carbocycles. The highest BCUT2D eigenvalue weighted by atomic mass is 16.4. The number of carboxylic acid groups (broad SMARTS) is 1. The second kappa shape index (κ2) is 5.36. The van der Waals surface area contributed by atoms with Crippen LogP contribution in [0, 0.1) is 6.92 Å². The Bertz CT molecular complexity index is 547. The van der Waals surface area contributed by atoms with E-state index >= 15 is 0 Å². The molecule has 0 radical (unpaired) electrons. The normalized spacial score (nSPS) is 10.1. The van der Waals surface area contributed by atoms with Gasteiger partial charge in [0.1, 0.15) is 0 Å². The molecule has 2 rings (SSSR count). The summed E-state index contributed by atoms with van der Waals surface area (Å²) in [6, 6.07) is 15.5. The molecule has 0 aromatic heterocycles. The average molecular weight is 241 g/mol. The van der Waals surface area contributed by atoms with Crippen molar-refractivity contribution in [3.8, 4) is 0 Å². The van der Waals surface area contributed by atoms with Gasteiger partial charge in [0, 0.05) is 11.4 Å². The van der Waals surface area contributed by atoms with Gasteiger partial charge in [-0.2, -0.15) is 0 Å². The van der Waals surface area contributed by atoms with Gasteiger partial charge in [0.05, 0.1) is 6.42 Å². The molecule has 3 nitrogen and oxygen atoms in total. The zero-order chi connectivity index (χ0) is 13.0. The van der Waals surface area contributed by atoms with Crippen LogP contribution < -0.4 is 5.32 Å². The molecular formula is C15H15NO2. The fraction of sp³-hybridized carbons (Fsp3) is 0.133. The van der Waals surface area contributed by atoms with Crippen molar-refractivity contribution in [1.29, 1.82) is 0 Å². The Morgan fingerprint density at radius 3 is 2.50 bits per heavy atom. The lowest BCUT2D eigenvalue weighted by Crippen LogP contribution is -2.00. The second-order valence-corrected chi connectivity index (χ2v) is 4.26. The van der Waals surface area contributed by atoms with Crippen LogP contribution in [0.1, 0.15) is 11.1 Å². The summed E-state index contributed by atoms with van der Waals surface area (Å²) in [5, 5.41) is 12.0. The number of carboxylic acids is 1. The van der Waals surface area contributed by atoms with E-state index < -0.39 is 5.97 Å². The first kappa shape index (κ1) is 12.2. The van der Waals surface area contributed by atoms with E-state index in [1.807, 2.05) is 55.5 Å². The van der Waals surface area contributed by atoms with Crippen molar-refractivity contribution in [3.05, 3.63) is 59.7 Å². The van der Waals surface area contributed by atoms with Gasteiger partial charge in [0.2, 0.25) is 0 Å². The molecule has 0 spiro atoms. The molecule has 0 atom stereocenters. The Labute approximate surface area is 106 Å². The van der Waals surface area contributed by atoms with E-state index in [2.05, 4.69) is 5.32 Å². The highest BCUT2D eigenvalue weighted by Crippen LogP contribution is 2.18. The van der Waals surface area contributed by atoms with Crippen molar-refractivity contribution in [1.82, 2.24) is 0 Å². The summed E-state index contributed by atoms with van der Waals surface area (Å²) in [4.78, 5) is 10.7. The van der Waals surface area contributed by atoms with E-state index in [1.165, 1.54) is 5.56 Å². The summed E-state index contributed by atoms with van der Waals surface area (Å²) >= 11 is 0. The maximum Gasteiger partial charge on any atom is 0.307 e. The Hall–Kier alpha value is -2.29. The Balaban J connectivity index is 2.13. The lowest BCUT2D eigenvalue weighted by molar-refractivity contribution is -0.136. The quantitative estimate of drug-likeness (QED) is 0.862. The van der Waals surface area contributed by atoms with Crippen molar-refractivity contribution < 1.29 is 9.90 Å². The fourth-order valence-electron chi connectivity index (χ4n) is 1.74. The number of hydrogen-bond donors (Lipinski definition) is 2. The maximum atomic E-state index is 10.7. The smallest absolute Gasteiger partial charge is 0.307 e. The highest BCUT2D eigenvalue weighted by Gasteiger charge is 2.01. The van der Waals surface area contributed by atoms with Crippen molar-refractivity contribution in [2.75, 3.05) is 5.32 Å². The molecule has 0 saturated heterocycles. The summed E-state index contributed by atoms with van der Waals surface area (Å²) in [7, 11) is 0. The zero-order valence-electron chi connectivity index (χ0n) is 10.2. The maximum absolute atomic E-state index is 10.7. The van der Waals surface area contributed by atoms with Crippen molar-refractivity contribution in [2.45, 2.75) is 13.3 Å². The van der Waals surface area contributed by atoms with E-state index in [0.717, 1.165) is 16.9 Å². The summed E-state index contributed by atoms with van der Waals surface area (Å²) in [5.41, 5.74) is 3.89. The number of nitrogens with one attached hydrogen (secondary N) is 1. The van der Waals surface area contributed by atoms with Gasteiger partial charge in [-0.25, -0.2) is 0 Å². The minimum absolute atomic E-state index is 0.0451. The molecule has 0 unspecified atom stereocenters. The van der Waals surface area contributed by atoms with Gasteiger partial charge < -0.3 is 10.4 Å². The van der Waals surface area contributed by atoms with E-state index in [0.29, 0.717) is 0 Å². The molecular weight excluding hydrogens is 226 g/mol. The fourth-order valence-corrected chi connectivity index (χ4v) is 1.74. The first-order chi connectivity index (χ1) is 8.63. The van der Waals surface area contributed by atoms with Crippen LogP contribution in [-0.4, -0.2) is 11.1 Å². The lowest BCUT2D eigenvalue weighted by atomic mass is 10.1. The summed E-state index contributed by atoms with van der Waals surface area (Å²) in [6.45, 7) is 2.04. The van der Waals surface area contributed by atoms with E-state index in [-0.39, 0.29) is 6.42 Å². The standard InChI is InChI=1S/C15H15NO2/c1-11-5-7-13(8-6-11)16-14-4-2-3-12(9-14)10-15(17)18/h2-9,16H,10H2,1H3,(H,17,18). The van der Waals surface area contributed by atoms with Crippen LogP contribution in [0.2, 0.25) is 0 Å². The largest absolute Gasteiger partial charge is 0.481 e. The molecule has 3 heteroatoms. The highest BCUT2D eigenvalue weighted by molar-refractivity contribution is 5.71. The number of aryl methyl sites for hydroxylation is 1. The Morgan fingerprint density at radius 2 is 1.83 bits per heavy atom. The first-order valence-electron chi connectivity index (χ1n) is 5.78. The molecule has 0 fully saturated rings. The van der Waals surface area contributed by atoms with Crippen LogP contribution in [0.25, 0.3) is 0 Å². The molecule has 92 valence electrons. The van der Waals surface area contributed by atoms with Gasteiger partial charge in [-0.3, -0.25) is 4.79 Å². The van der Waals surface area contributed by atoms with E-state index in [9.17, 15) is 4.79 Å². The molecule has 0 saturated carbocycles. The monoisotopic (exact) mass is 241 g/mol. The predicted molar refractivity (Wildman–Crippen MR) is 72.2 cm³/mol. The molecule has 0 aliphatic heterocycles. The summed E-state index contributed by atoms with van der Waals surface area (Å²) < 4.78 is 0. The molecule has 0 bridgehead atoms. The molecule has 2 aromatic rings. The number of anilines is 2. The molecule has 0 amide bonds. The molecule has 2 aromatic carbocycles. The van der Waals surface area contributed by atoms with Crippen molar-refractivity contribution in [3.63, 3.8) is 0 Å². The van der Waals surface area contributed by atoms with Crippen LogP contribution in [0.15, 0.2) is 48.5 Å². The Kier molecular flexibility index (Phi) is 3.63. The topological polar surface area (TPSA) is 49.3 Å². The van der Waals surface area contributed by atoms with Gasteiger partial charge in [-0.15, -0.1) is 0 Å². The van der Waals surface area contributed by atoms with Crippen LogP contribution in [0.5, 0.6) is 0 Å². The van der Waals surface area contributed by atoms with Crippen LogP contribution >= 0.6 is 0 Å². The number of rotatable bonds is 4. The Morgan fingerprint density at radius 1 is 1.11 bits per heavy atom. The van der Waals surface area contributed by atoms with Crippen molar-refractivity contribution >= 4 is 17.3 Å². The predicted octanol–water partition coefficient (Wildman–Crippen LogP) is 3.37. The summed E-state index contributed by atoms with van der Waals surface area (Å²) in [6.07, 6.45) is 0.0451. The minimum atomic E-state index is -0.817. The molecule has 0 aliphatic rings. The van der Waals surface area contributed by atoms with Gasteiger partial charge in [0.25, 0.3) is 0 Å². The SMILES string of the molecule is Cc1ccc(Nc2cccc(CC(=O)O)c2)cc1. The second-order valence-electron chi connectivity index (χ2n) is 4.26. The van der Waals surface area contributed by atoms with Crippen LogP contribution in [-0.2, 0) is 11.2 Å². The number of aliphatic carboxylic acids is 1. The third-order valence-electron chi connectivity index (χ3n) is 2.62. The summed E-state index contributed by atoms with van der Waals surface area (Å²) in [5.74, 6) is -0.817. The molecule has 18 heavy (non-hydrogen) atoms. The third-order valence-corrected chi connectivity index (χ3v) is 2.62. The van der Waals surface area contributed by atoms with Crippen molar-refractivity contribution in [2.24, 2.45) is 0 Å². The average Bonchev–Trinajstić information content (AvgIpc) is 2.32. The van der Waals surface area contributed by atoms with Gasteiger partial charge in [0.15, 0.2) is 0 Å². The van der Waals surface area contributed by atoms with E-state index in [1.54, 1.807) is 0 Å². The van der Waals surface area contributed by atoms with Crippen LogP contribution in [0.4, 0.5) is 11.4 Å². The van der Waals surface area contributed by atoms with Gasteiger partial charge in [-0.1, -0.05) is 29.8 Å². The zero-order valence-corrected chi connectivity index (χ0v) is 10.2. The van der Waals surface area contributed by atoms with Gasteiger partial charge >= 0.3 is 5.97 Å². The minimum Gasteiger partial charge on any atom is -0.481 e. The first-order valence-corrected chi connectivity index (χ1v) is 5.78. The van der Waals surface area contributed by atoms with E-state index in [4.69, 9.17) is 5.11 Å². The number of carbonyl (C=O) groups is 1. The van der Waals surface area contributed by atoms with Gasteiger partial charge in [-0.05, 0) is 36.8 Å². The lowest BCUT2D eigenvalue weighted by Gasteiger charge is -2.08. The molecule has 2 N–H and O–H groups in total. The molecule has 0 heterocycles. The van der Waals surface area contributed by atoms with Crippen LogP contribution in [0.3, 0.4) is 0 Å². The number of hydrogen-bond acceptors (Lipinski definition) is 2. The third kappa shape index (κ3) is 3.35. The number of benzene rings is 2.